The second kappa shape index (κ2) is 7.39. The Bertz CT molecular complexity index is 707. The molecule has 3 rings (SSSR count). The molecule has 2 N–H and O–H groups in total. The number of ether oxygens (including phenoxy) is 4. The van der Waals surface area contributed by atoms with Crippen molar-refractivity contribution in [2.45, 2.75) is 57.2 Å². The lowest BCUT2D eigenvalue weighted by Gasteiger charge is -2.49. The number of rotatable bonds is 4. The molecule has 10 nitrogen and oxygen atoms in total. The van der Waals surface area contributed by atoms with Crippen LogP contribution in [0.5, 0.6) is 5.75 Å². The van der Waals surface area contributed by atoms with Crippen LogP contribution in [0.15, 0.2) is 24.3 Å². The number of benzene rings is 1. The van der Waals surface area contributed by atoms with E-state index in [1.165, 1.54) is 31.2 Å². The minimum atomic E-state index is -1.10. The minimum absolute atomic E-state index is 0.0817. The summed E-state index contributed by atoms with van der Waals surface area (Å²) < 4.78 is 22.9. The number of non-ortho nitro benzene ring substituents is 1. The van der Waals surface area contributed by atoms with Crippen LogP contribution in [0.25, 0.3) is 0 Å². The molecule has 2 heterocycles. The zero-order chi connectivity index (χ0) is 19.8. The second-order valence-corrected chi connectivity index (χ2v) is 6.92. The van der Waals surface area contributed by atoms with Gasteiger partial charge in [0.05, 0.1) is 11.5 Å². The van der Waals surface area contributed by atoms with Crippen LogP contribution in [0.4, 0.5) is 5.69 Å². The first-order valence-electron chi connectivity index (χ1n) is 8.50. The maximum atomic E-state index is 11.6. The minimum Gasteiger partial charge on any atom is -0.463 e. The smallest absolute Gasteiger partial charge is 0.269 e. The molecule has 2 aliphatic heterocycles. The number of hydrogen-bond donors (Lipinski definition) is 2. The van der Waals surface area contributed by atoms with E-state index in [1.54, 1.807) is 13.8 Å². The number of nitrogens with zero attached hydrogens (tertiary/aromatic N) is 1. The van der Waals surface area contributed by atoms with Crippen molar-refractivity contribution in [2.75, 3.05) is 6.61 Å². The third-order valence-electron chi connectivity index (χ3n) is 4.36. The van der Waals surface area contributed by atoms with E-state index < -0.39 is 41.4 Å². The molecule has 2 aliphatic rings. The van der Waals surface area contributed by atoms with Crippen LogP contribution in [0, 0.1) is 10.1 Å². The van der Waals surface area contributed by atoms with Crippen LogP contribution in [0.3, 0.4) is 0 Å². The zero-order valence-corrected chi connectivity index (χ0v) is 15.2. The Balaban J connectivity index is 1.79. The standard InChI is InChI=1S/C17H22N2O8/c1-9(20)18-13-14(21)15-12(8-24-17(2,3)27-15)26-16(13)25-11-6-4-10(5-7-11)19(22)23/h4-7,12-16,21H,8H2,1-3H3,(H,18,20)/t12-,13+,14-,15+,16-/m1/s1. The lowest BCUT2D eigenvalue weighted by Crippen LogP contribution is -2.69. The normalized spacial score (nSPS) is 32.2. The first-order chi connectivity index (χ1) is 12.7. The van der Waals surface area contributed by atoms with Gasteiger partial charge in [0.15, 0.2) is 5.79 Å². The molecule has 5 atom stereocenters. The van der Waals surface area contributed by atoms with Gasteiger partial charge in [0.25, 0.3) is 5.69 Å². The highest BCUT2D eigenvalue weighted by Crippen LogP contribution is 2.33. The van der Waals surface area contributed by atoms with E-state index in [9.17, 15) is 20.0 Å². The zero-order valence-electron chi connectivity index (χ0n) is 15.2. The molecular formula is C17H22N2O8. The molecule has 1 amide bonds. The second-order valence-electron chi connectivity index (χ2n) is 6.92. The number of nitro groups is 1. The Morgan fingerprint density at radius 3 is 2.63 bits per heavy atom. The molecule has 2 fully saturated rings. The molecular weight excluding hydrogens is 360 g/mol. The van der Waals surface area contributed by atoms with Crippen molar-refractivity contribution in [3.05, 3.63) is 34.4 Å². The first-order valence-corrected chi connectivity index (χ1v) is 8.50. The summed E-state index contributed by atoms with van der Waals surface area (Å²) >= 11 is 0. The van der Waals surface area contributed by atoms with Gasteiger partial charge in [-0.25, -0.2) is 0 Å². The van der Waals surface area contributed by atoms with Crippen molar-refractivity contribution in [1.29, 1.82) is 0 Å². The summed E-state index contributed by atoms with van der Waals surface area (Å²) in [6, 6.07) is 4.52. The summed E-state index contributed by atoms with van der Waals surface area (Å²) in [4.78, 5) is 21.8. The van der Waals surface area contributed by atoms with Crippen LogP contribution < -0.4 is 10.1 Å². The SMILES string of the molecule is CC(=O)N[C@@H]1[C@H](Oc2ccc([N+](=O)[O-])cc2)O[C@@H]2COC(C)(C)O[C@@H]2[C@@H]1O. The van der Waals surface area contributed by atoms with Crippen LogP contribution in [-0.4, -0.2) is 59.0 Å². The summed E-state index contributed by atoms with van der Waals surface area (Å²) in [7, 11) is 0. The van der Waals surface area contributed by atoms with Gasteiger partial charge in [0, 0.05) is 19.1 Å². The number of amides is 1. The molecule has 1 aromatic rings. The Labute approximate surface area is 155 Å². The van der Waals surface area contributed by atoms with Gasteiger partial charge < -0.3 is 29.4 Å². The van der Waals surface area contributed by atoms with Crippen molar-refractivity contribution in [3.63, 3.8) is 0 Å². The predicted molar refractivity (Wildman–Crippen MR) is 90.9 cm³/mol. The van der Waals surface area contributed by atoms with E-state index in [-0.39, 0.29) is 18.2 Å². The summed E-state index contributed by atoms with van der Waals surface area (Å²) in [6.07, 6.45) is -3.43. The molecule has 148 valence electrons. The van der Waals surface area contributed by atoms with Crippen molar-refractivity contribution in [2.24, 2.45) is 0 Å². The Kier molecular flexibility index (Phi) is 5.33. The van der Waals surface area contributed by atoms with E-state index in [0.717, 1.165) is 0 Å². The Morgan fingerprint density at radius 2 is 2.04 bits per heavy atom. The van der Waals surface area contributed by atoms with E-state index >= 15 is 0 Å². The summed E-state index contributed by atoms with van der Waals surface area (Å²) in [6.45, 7) is 4.95. The molecule has 1 aromatic carbocycles. The summed E-state index contributed by atoms with van der Waals surface area (Å²) in [5.41, 5.74) is -0.0817. The van der Waals surface area contributed by atoms with Gasteiger partial charge in [-0.05, 0) is 26.0 Å². The number of carbonyl (C=O) groups is 1. The van der Waals surface area contributed by atoms with Crippen LogP contribution in [0.1, 0.15) is 20.8 Å². The number of hydrogen-bond acceptors (Lipinski definition) is 8. The van der Waals surface area contributed by atoms with Gasteiger partial charge in [0.1, 0.15) is 30.1 Å². The van der Waals surface area contributed by atoms with Crippen molar-refractivity contribution in [3.8, 4) is 5.75 Å². The van der Waals surface area contributed by atoms with E-state index in [4.69, 9.17) is 18.9 Å². The molecule has 10 heteroatoms. The lowest BCUT2D eigenvalue weighted by molar-refractivity contribution is -0.384. The van der Waals surface area contributed by atoms with Gasteiger partial charge in [-0.2, -0.15) is 0 Å². The Morgan fingerprint density at radius 1 is 1.37 bits per heavy atom. The fourth-order valence-electron chi connectivity index (χ4n) is 3.11. The lowest BCUT2D eigenvalue weighted by atomic mass is 9.95. The number of aliphatic hydroxyl groups excluding tert-OH is 1. The van der Waals surface area contributed by atoms with E-state index in [2.05, 4.69) is 5.32 Å². The van der Waals surface area contributed by atoms with Gasteiger partial charge in [-0.3, -0.25) is 14.9 Å². The van der Waals surface area contributed by atoms with Gasteiger partial charge in [-0.15, -0.1) is 0 Å². The molecule has 0 aromatic heterocycles. The highest BCUT2D eigenvalue weighted by atomic mass is 16.8. The quantitative estimate of drug-likeness (QED) is 0.575. The van der Waals surface area contributed by atoms with E-state index in [0.29, 0.717) is 5.75 Å². The number of carbonyl (C=O) groups excluding carboxylic acids is 1. The fourth-order valence-corrected chi connectivity index (χ4v) is 3.11. The number of nitrogens with one attached hydrogen (secondary N) is 1. The average molecular weight is 382 g/mol. The fraction of sp³-hybridized carbons (Fsp3) is 0.588. The topological polar surface area (TPSA) is 129 Å². The number of nitro benzene ring substituents is 1. The summed E-state index contributed by atoms with van der Waals surface area (Å²) in [5, 5.41) is 24.2. The first kappa shape index (κ1) is 19.5. The highest BCUT2D eigenvalue weighted by molar-refractivity contribution is 5.73. The number of fused-ring (bicyclic) bond motifs is 1. The number of aliphatic hydroxyl groups is 1. The van der Waals surface area contributed by atoms with Gasteiger partial charge in [-0.1, -0.05) is 0 Å². The maximum absolute atomic E-state index is 11.6. The predicted octanol–water partition coefficient (Wildman–Crippen LogP) is 0.716. The van der Waals surface area contributed by atoms with Crippen molar-refractivity contribution >= 4 is 11.6 Å². The van der Waals surface area contributed by atoms with Crippen molar-refractivity contribution < 1.29 is 33.8 Å². The Hall–Kier alpha value is -2.27. The third-order valence-corrected chi connectivity index (χ3v) is 4.36. The maximum Gasteiger partial charge on any atom is 0.269 e. The molecule has 2 saturated heterocycles. The van der Waals surface area contributed by atoms with Gasteiger partial charge in [0.2, 0.25) is 12.2 Å². The molecule has 27 heavy (non-hydrogen) atoms. The molecule has 0 bridgehead atoms. The van der Waals surface area contributed by atoms with Crippen molar-refractivity contribution in [1.82, 2.24) is 5.32 Å². The van der Waals surface area contributed by atoms with E-state index in [1.807, 2.05) is 0 Å². The molecule has 0 saturated carbocycles. The summed E-state index contributed by atoms with van der Waals surface area (Å²) in [5.74, 6) is -0.965. The molecule has 0 radical (unpaired) electrons. The molecule has 0 spiro atoms. The van der Waals surface area contributed by atoms with Crippen LogP contribution in [0.2, 0.25) is 0 Å². The van der Waals surface area contributed by atoms with Crippen LogP contribution >= 0.6 is 0 Å². The third kappa shape index (κ3) is 4.35. The average Bonchev–Trinajstić information content (AvgIpc) is 2.59. The highest BCUT2D eigenvalue weighted by Gasteiger charge is 2.52. The molecule has 0 aliphatic carbocycles. The monoisotopic (exact) mass is 382 g/mol. The molecule has 0 unspecified atom stereocenters. The van der Waals surface area contributed by atoms with Crippen LogP contribution in [-0.2, 0) is 19.0 Å². The van der Waals surface area contributed by atoms with Gasteiger partial charge >= 0.3 is 0 Å². The largest absolute Gasteiger partial charge is 0.463 e.